The first-order valence-corrected chi connectivity index (χ1v) is 10.2. The van der Waals surface area contributed by atoms with E-state index in [4.69, 9.17) is 4.52 Å². The van der Waals surface area contributed by atoms with E-state index >= 15 is 0 Å². The number of benzene rings is 1. The van der Waals surface area contributed by atoms with E-state index < -0.39 is 0 Å². The molecule has 0 bridgehead atoms. The molecule has 1 fully saturated rings. The fourth-order valence-corrected chi connectivity index (χ4v) is 3.73. The number of hydrogen-bond acceptors (Lipinski definition) is 6. The van der Waals surface area contributed by atoms with E-state index in [1.54, 1.807) is 13.1 Å². The Balaban J connectivity index is 1.20. The van der Waals surface area contributed by atoms with Crippen molar-refractivity contribution in [1.29, 1.82) is 0 Å². The van der Waals surface area contributed by atoms with Crippen LogP contribution < -0.4 is 4.90 Å². The zero-order chi connectivity index (χ0) is 21.2. The van der Waals surface area contributed by atoms with Crippen molar-refractivity contribution in [1.82, 2.24) is 24.6 Å². The lowest BCUT2D eigenvalue weighted by molar-refractivity contribution is 0.0746. The molecule has 1 aliphatic heterocycles. The van der Waals surface area contributed by atoms with Crippen LogP contribution in [-0.2, 0) is 0 Å². The number of carbonyl (C=O) groups is 1. The minimum Gasteiger partial charge on any atom is -0.353 e. The van der Waals surface area contributed by atoms with Gasteiger partial charge in [-0.05, 0) is 48.5 Å². The van der Waals surface area contributed by atoms with E-state index in [1.165, 1.54) is 0 Å². The van der Waals surface area contributed by atoms with E-state index in [1.807, 2.05) is 70.4 Å². The second-order valence-corrected chi connectivity index (χ2v) is 7.46. The summed E-state index contributed by atoms with van der Waals surface area (Å²) in [5, 5.41) is 3.92. The molecular formula is C23H22N6O2. The lowest BCUT2D eigenvalue weighted by Crippen LogP contribution is -2.49. The van der Waals surface area contributed by atoms with Gasteiger partial charge >= 0.3 is 0 Å². The first kappa shape index (κ1) is 19.0. The Morgan fingerprint density at radius 1 is 0.968 bits per heavy atom. The Kier molecular flexibility index (Phi) is 4.95. The van der Waals surface area contributed by atoms with Crippen LogP contribution in [0.15, 0.2) is 71.6 Å². The van der Waals surface area contributed by atoms with Gasteiger partial charge in [0.2, 0.25) is 11.7 Å². The van der Waals surface area contributed by atoms with Crippen molar-refractivity contribution in [3.8, 4) is 17.1 Å². The smallest absolute Gasteiger partial charge is 0.253 e. The number of amides is 1. The third-order valence-electron chi connectivity index (χ3n) is 5.44. The molecule has 4 heterocycles. The average molecular weight is 414 g/mol. The molecule has 0 unspecified atom stereocenters. The SMILES string of the molecule is Cc1nc(-c2ccc(N3CCN(C(=O)c4ccc(-n5cccc5)cc4)CC3)nc2)no1. The topological polar surface area (TPSA) is 80.3 Å². The highest BCUT2D eigenvalue weighted by atomic mass is 16.5. The molecule has 1 aromatic carbocycles. The Bertz CT molecular complexity index is 1160. The second-order valence-electron chi connectivity index (χ2n) is 7.46. The van der Waals surface area contributed by atoms with Crippen molar-refractivity contribution in [2.45, 2.75) is 6.92 Å². The van der Waals surface area contributed by atoms with E-state index in [-0.39, 0.29) is 5.91 Å². The summed E-state index contributed by atoms with van der Waals surface area (Å²) in [6.07, 6.45) is 5.73. The van der Waals surface area contributed by atoms with Gasteiger partial charge in [0.25, 0.3) is 5.91 Å². The molecule has 0 N–H and O–H groups in total. The predicted octanol–water partition coefficient (Wildman–Crippen LogP) is 3.19. The minimum atomic E-state index is 0.0643. The summed E-state index contributed by atoms with van der Waals surface area (Å²) < 4.78 is 7.04. The molecule has 0 spiro atoms. The number of pyridine rings is 1. The van der Waals surface area contributed by atoms with Crippen molar-refractivity contribution in [3.05, 3.63) is 78.6 Å². The molecule has 0 radical (unpaired) electrons. The van der Waals surface area contributed by atoms with Crippen molar-refractivity contribution in [3.63, 3.8) is 0 Å². The van der Waals surface area contributed by atoms with Gasteiger partial charge in [0, 0.05) is 68.5 Å². The summed E-state index contributed by atoms with van der Waals surface area (Å²) in [6, 6.07) is 15.6. The van der Waals surface area contributed by atoms with Crippen molar-refractivity contribution in [2.24, 2.45) is 0 Å². The average Bonchev–Trinajstić information content (AvgIpc) is 3.51. The van der Waals surface area contributed by atoms with Gasteiger partial charge in [-0.3, -0.25) is 4.79 Å². The molecule has 0 aliphatic carbocycles. The summed E-state index contributed by atoms with van der Waals surface area (Å²) in [4.78, 5) is 25.8. The van der Waals surface area contributed by atoms with Gasteiger partial charge < -0.3 is 18.9 Å². The molecule has 4 aromatic rings. The van der Waals surface area contributed by atoms with Gasteiger partial charge in [0.1, 0.15) is 5.82 Å². The van der Waals surface area contributed by atoms with Gasteiger partial charge in [-0.15, -0.1) is 0 Å². The summed E-state index contributed by atoms with van der Waals surface area (Å²) in [6.45, 7) is 4.55. The summed E-state index contributed by atoms with van der Waals surface area (Å²) in [7, 11) is 0. The normalized spacial score (nSPS) is 14.1. The van der Waals surface area contributed by atoms with E-state index in [9.17, 15) is 4.79 Å². The number of nitrogens with zero attached hydrogens (tertiary/aromatic N) is 6. The van der Waals surface area contributed by atoms with Gasteiger partial charge in [-0.2, -0.15) is 4.98 Å². The Morgan fingerprint density at radius 3 is 2.32 bits per heavy atom. The molecular weight excluding hydrogens is 392 g/mol. The van der Waals surface area contributed by atoms with Gasteiger partial charge in [0.15, 0.2) is 0 Å². The Hall–Kier alpha value is -3.94. The minimum absolute atomic E-state index is 0.0643. The van der Waals surface area contributed by atoms with Crippen LogP contribution in [0.2, 0.25) is 0 Å². The maximum atomic E-state index is 12.9. The van der Waals surface area contributed by atoms with E-state index in [2.05, 4.69) is 20.0 Å². The molecule has 0 saturated carbocycles. The standard InChI is InChI=1S/C23H22N6O2/c1-17-25-22(26-31-17)19-6-9-21(24-16-19)28-12-14-29(15-13-28)23(30)18-4-7-20(8-5-18)27-10-2-3-11-27/h2-11,16H,12-15H2,1H3. The van der Waals surface area contributed by atoms with Crippen molar-refractivity contribution >= 4 is 11.7 Å². The van der Waals surface area contributed by atoms with Gasteiger partial charge in [-0.1, -0.05) is 5.16 Å². The zero-order valence-electron chi connectivity index (χ0n) is 17.2. The maximum Gasteiger partial charge on any atom is 0.253 e. The lowest BCUT2D eigenvalue weighted by atomic mass is 10.1. The molecule has 5 rings (SSSR count). The van der Waals surface area contributed by atoms with Crippen LogP contribution in [0.1, 0.15) is 16.2 Å². The molecule has 8 nitrogen and oxygen atoms in total. The van der Waals surface area contributed by atoms with Gasteiger partial charge in [0.05, 0.1) is 0 Å². The van der Waals surface area contributed by atoms with Crippen LogP contribution >= 0.6 is 0 Å². The quantitative estimate of drug-likeness (QED) is 0.510. The summed E-state index contributed by atoms with van der Waals surface area (Å²) >= 11 is 0. The van der Waals surface area contributed by atoms with E-state index in [0.29, 0.717) is 30.4 Å². The number of aromatic nitrogens is 4. The third kappa shape index (κ3) is 3.92. The molecule has 1 amide bonds. The molecule has 1 saturated heterocycles. The highest BCUT2D eigenvalue weighted by Gasteiger charge is 2.23. The number of carbonyl (C=O) groups excluding carboxylic acids is 1. The summed E-state index contributed by atoms with van der Waals surface area (Å²) in [5.41, 5.74) is 2.57. The monoisotopic (exact) mass is 414 g/mol. The predicted molar refractivity (Wildman–Crippen MR) is 116 cm³/mol. The maximum absolute atomic E-state index is 12.9. The number of hydrogen-bond donors (Lipinski definition) is 0. The zero-order valence-corrected chi connectivity index (χ0v) is 17.2. The number of aryl methyl sites for hydroxylation is 1. The molecule has 3 aromatic heterocycles. The van der Waals surface area contributed by atoms with Crippen LogP contribution in [0.3, 0.4) is 0 Å². The largest absolute Gasteiger partial charge is 0.353 e. The first-order valence-electron chi connectivity index (χ1n) is 10.2. The number of piperazine rings is 1. The Morgan fingerprint density at radius 2 is 1.71 bits per heavy atom. The van der Waals surface area contributed by atoms with E-state index in [0.717, 1.165) is 30.2 Å². The number of rotatable bonds is 4. The highest BCUT2D eigenvalue weighted by Crippen LogP contribution is 2.20. The van der Waals surface area contributed by atoms with Crippen LogP contribution in [0.5, 0.6) is 0 Å². The van der Waals surface area contributed by atoms with Crippen molar-refractivity contribution < 1.29 is 9.32 Å². The molecule has 156 valence electrons. The van der Waals surface area contributed by atoms with Crippen molar-refractivity contribution in [2.75, 3.05) is 31.1 Å². The number of anilines is 1. The molecule has 31 heavy (non-hydrogen) atoms. The fraction of sp³-hybridized carbons (Fsp3) is 0.217. The lowest BCUT2D eigenvalue weighted by Gasteiger charge is -2.35. The molecule has 0 atom stereocenters. The highest BCUT2D eigenvalue weighted by molar-refractivity contribution is 5.94. The van der Waals surface area contributed by atoms with Crippen LogP contribution in [-0.4, -0.2) is 56.7 Å². The van der Waals surface area contributed by atoms with Crippen LogP contribution in [0.4, 0.5) is 5.82 Å². The van der Waals surface area contributed by atoms with Crippen LogP contribution in [0.25, 0.3) is 17.1 Å². The molecule has 1 aliphatic rings. The second kappa shape index (κ2) is 8.06. The summed E-state index contributed by atoms with van der Waals surface area (Å²) in [5.74, 6) is 2.01. The molecule has 8 heteroatoms. The first-order chi connectivity index (χ1) is 15.2. The third-order valence-corrected chi connectivity index (χ3v) is 5.44. The van der Waals surface area contributed by atoms with Crippen LogP contribution in [0, 0.1) is 6.92 Å². The Labute approximate surface area is 179 Å². The van der Waals surface area contributed by atoms with Gasteiger partial charge in [-0.25, -0.2) is 4.98 Å². The fourth-order valence-electron chi connectivity index (χ4n) is 3.73.